The number of hydrogen-bond acceptors (Lipinski definition) is 6. The second-order valence-corrected chi connectivity index (χ2v) is 6.91. The third kappa shape index (κ3) is 4.26. The lowest BCUT2D eigenvalue weighted by molar-refractivity contribution is 0.0714. The molecule has 1 N–H and O–H groups in total. The van der Waals surface area contributed by atoms with Gasteiger partial charge in [0.2, 0.25) is 5.95 Å². The molecule has 1 aromatic carbocycles. The number of rotatable bonds is 5. The van der Waals surface area contributed by atoms with Crippen LogP contribution in [0.4, 0.5) is 11.8 Å². The van der Waals surface area contributed by atoms with E-state index in [1.807, 2.05) is 30.3 Å². The summed E-state index contributed by atoms with van der Waals surface area (Å²) in [5, 5.41) is 3.95. The van der Waals surface area contributed by atoms with Crippen LogP contribution in [0.25, 0.3) is 0 Å². The average Bonchev–Trinajstić information content (AvgIpc) is 3.28. The molecule has 0 saturated carbocycles. The van der Waals surface area contributed by atoms with E-state index in [1.165, 1.54) is 6.26 Å². The maximum Gasteiger partial charge on any atom is 0.289 e. The predicted octanol–water partition coefficient (Wildman–Crippen LogP) is 3.30. The van der Waals surface area contributed by atoms with E-state index in [0.29, 0.717) is 49.5 Å². The maximum absolute atomic E-state index is 12.4. The van der Waals surface area contributed by atoms with Gasteiger partial charge in [-0.25, -0.2) is 4.98 Å². The SMILES string of the molecule is O=C(c1ccco1)N1CCN(c2ccnc(NCc3ccc(Cl)cc3)n2)CC1. The van der Waals surface area contributed by atoms with Crippen LogP contribution in [-0.4, -0.2) is 47.0 Å². The van der Waals surface area contributed by atoms with Crippen LogP contribution in [0.2, 0.25) is 5.02 Å². The van der Waals surface area contributed by atoms with Crippen molar-refractivity contribution in [1.29, 1.82) is 0 Å². The molecule has 0 radical (unpaired) electrons. The van der Waals surface area contributed by atoms with Crippen molar-refractivity contribution in [2.75, 3.05) is 36.4 Å². The molecule has 3 heterocycles. The van der Waals surface area contributed by atoms with E-state index >= 15 is 0 Å². The molecule has 3 aromatic rings. The highest BCUT2D eigenvalue weighted by atomic mass is 35.5. The highest BCUT2D eigenvalue weighted by Gasteiger charge is 2.24. The molecule has 0 bridgehead atoms. The quantitative estimate of drug-likeness (QED) is 0.712. The van der Waals surface area contributed by atoms with Crippen LogP contribution in [0, 0.1) is 0 Å². The number of furan rings is 1. The lowest BCUT2D eigenvalue weighted by Crippen LogP contribution is -2.49. The molecule has 28 heavy (non-hydrogen) atoms. The number of amides is 1. The third-order valence-electron chi connectivity index (χ3n) is 4.63. The molecule has 1 fully saturated rings. The first-order valence-electron chi connectivity index (χ1n) is 9.08. The maximum atomic E-state index is 12.4. The van der Waals surface area contributed by atoms with Gasteiger partial charge in [0, 0.05) is 43.9 Å². The van der Waals surface area contributed by atoms with Crippen molar-refractivity contribution in [3.8, 4) is 0 Å². The number of nitrogens with zero attached hydrogens (tertiary/aromatic N) is 4. The lowest BCUT2D eigenvalue weighted by atomic mass is 10.2. The number of nitrogens with one attached hydrogen (secondary N) is 1. The van der Waals surface area contributed by atoms with E-state index in [4.69, 9.17) is 16.0 Å². The molecule has 1 saturated heterocycles. The molecule has 1 aliphatic rings. The molecular weight excluding hydrogens is 378 g/mol. The first-order chi connectivity index (χ1) is 13.7. The molecule has 144 valence electrons. The van der Waals surface area contributed by atoms with Gasteiger partial charge in [0.1, 0.15) is 5.82 Å². The topological polar surface area (TPSA) is 74.5 Å². The Morgan fingerprint density at radius 1 is 1.11 bits per heavy atom. The van der Waals surface area contributed by atoms with Gasteiger partial charge in [-0.15, -0.1) is 0 Å². The fraction of sp³-hybridized carbons (Fsp3) is 0.250. The second kappa shape index (κ2) is 8.31. The van der Waals surface area contributed by atoms with Gasteiger partial charge in [0.25, 0.3) is 5.91 Å². The molecule has 1 amide bonds. The van der Waals surface area contributed by atoms with Crippen molar-refractivity contribution < 1.29 is 9.21 Å². The van der Waals surface area contributed by atoms with E-state index in [1.54, 1.807) is 23.2 Å². The number of halogens is 1. The lowest BCUT2D eigenvalue weighted by Gasteiger charge is -2.35. The van der Waals surface area contributed by atoms with Gasteiger partial charge in [-0.05, 0) is 35.9 Å². The van der Waals surface area contributed by atoms with Crippen molar-refractivity contribution >= 4 is 29.3 Å². The average molecular weight is 398 g/mol. The highest BCUT2D eigenvalue weighted by molar-refractivity contribution is 6.30. The Kier molecular flexibility index (Phi) is 5.43. The van der Waals surface area contributed by atoms with Crippen LogP contribution in [0.3, 0.4) is 0 Å². The molecule has 0 spiro atoms. The summed E-state index contributed by atoms with van der Waals surface area (Å²) in [5.41, 5.74) is 1.10. The number of benzene rings is 1. The van der Waals surface area contributed by atoms with Crippen LogP contribution >= 0.6 is 11.6 Å². The molecular formula is C20H20ClN5O2. The summed E-state index contributed by atoms with van der Waals surface area (Å²) in [4.78, 5) is 25.2. The van der Waals surface area contributed by atoms with E-state index in [2.05, 4.69) is 20.2 Å². The number of aromatic nitrogens is 2. The van der Waals surface area contributed by atoms with E-state index in [-0.39, 0.29) is 5.91 Å². The smallest absolute Gasteiger partial charge is 0.289 e. The molecule has 7 nitrogen and oxygen atoms in total. The summed E-state index contributed by atoms with van der Waals surface area (Å²) in [6, 6.07) is 13.0. The first kappa shape index (κ1) is 18.3. The van der Waals surface area contributed by atoms with Gasteiger partial charge < -0.3 is 19.5 Å². The van der Waals surface area contributed by atoms with Crippen LogP contribution in [0.5, 0.6) is 0 Å². The Morgan fingerprint density at radius 3 is 2.61 bits per heavy atom. The molecule has 1 aliphatic heterocycles. The van der Waals surface area contributed by atoms with Crippen LogP contribution in [0.1, 0.15) is 16.1 Å². The summed E-state index contributed by atoms with van der Waals surface area (Å²) in [6.07, 6.45) is 3.26. The number of carbonyl (C=O) groups excluding carboxylic acids is 1. The van der Waals surface area contributed by atoms with E-state index in [9.17, 15) is 4.79 Å². The number of anilines is 2. The number of hydrogen-bond donors (Lipinski definition) is 1. The number of carbonyl (C=O) groups is 1. The zero-order chi connectivity index (χ0) is 19.3. The number of piperazine rings is 1. The summed E-state index contributed by atoms with van der Waals surface area (Å²) in [6.45, 7) is 3.28. The van der Waals surface area contributed by atoms with E-state index in [0.717, 1.165) is 11.4 Å². The van der Waals surface area contributed by atoms with Gasteiger partial charge in [-0.1, -0.05) is 23.7 Å². The Hall–Kier alpha value is -3.06. The Morgan fingerprint density at radius 2 is 1.89 bits per heavy atom. The van der Waals surface area contributed by atoms with Crippen LogP contribution < -0.4 is 10.2 Å². The van der Waals surface area contributed by atoms with Crippen molar-refractivity contribution in [1.82, 2.24) is 14.9 Å². The predicted molar refractivity (Wildman–Crippen MR) is 108 cm³/mol. The molecule has 8 heteroatoms. The van der Waals surface area contributed by atoms with Gasteiger partial charge >= 0.3 is 0 Å². The molecule has 0 atom stereocenters. The minimum Gasteiger partial charge on any atom is -0.459 e. The Bertz CT molecular complexity index is 922. The van der Waals surface area contributed by atoms with Crippen molar-refractivity contribution in [3.05, 3.63) is 71.3 Å². The summed E-state index contributed by atoms with van der Waals surface area (Å²) >= 11 is 5.91. The zero-order valence-corrected chi connectivity index (χ0v) is 16.0. The fourth-order valence-electron chi connectivity index (χ4n) is 3.09. The van der Waals surface area contributed by atoms with Crippen LogP contribution in [-0.2, 0) is 6.54 Å². The summed E-state index contributed by atoms with van der Waals surface area (Å²) in [5.74, 6) is 1.72. The minimum absolute atomic E-state index is 0.0716. The third-order valence-corrected chi connectivity index (χ3v) is 4.88. The molecule has 2 aromatic heterocycles. The summed E-state index contributed by atoms with van der Waals surface area (Å²) < 4.78 is 5.20. The fourth-order valence-corrected chi connectivity index (χ4v) is 3.21. The van der Waals surface area contributed by atoms with Gasteiger partial charge in [0.05, 0.1) is 6.26 Å². The zero-order valence-electron chi connectivity index (χ0n) is 15.2. The highest BCUT2D eigenvalue weighted by Crippen LogP contribution is 2.17. The van der Waals surface area contributed by atoms with E-state index < -0.39 is 0 Å². The Balaban J connectivity index is 1.34. The molecule has 0 unspecified atom stereocenters. The standard InChI is InChI=1S/C20H20ClN5O2/c21-16-5-3-15(4-6-16)14-23-20-22-8-7-18(24-20)25-9-11-26(12-10-25)19(27)17-2-1-13-28-17/h1-8,13H,9-12,14H2,(H,22,23,24). The Labute approximate surface area is 167 Å². The van der Waals surface area contributed by atoms with Crippen molar-refractivity contribution in [3.63, 3.8) is 0 Å². The molecule has 4 rings (SSSR count). The van der Waals surface area contributed by atoms with Crippen molar-refractivity contribution in [2.45, 2.75) is 6.54 Å². The van der Waals surface area contributed by atoms with Gasteiger partial charge in [-0.3, -0.25) is 4.79 Å². The first-order valence-corrected chi connectivity index (χ1v) is 9.46. The summed E-state index contributed by atoms with van der Waals surface area (Å²) in [7, 11) is 0. The molecule has 0 aliphatic carbocycles. The van der Waals surface area contributed by atoms with Crippen molar-refractivity contribution in [2.24, 2.45) is 0 Å². The minimum atomic E-state index is -0.0716. The van der Waals surface area contributed by atoms with Crippen LogP contribution in [0.15, 0.2) is 59.3 Å². The second-order valence-electron chi connectivity index (χ2n) is 6.48. The normalized spacial score (nSPS) is 14.2. The van der Waals surface area contributed by atoms with Gasteiger partial charge in [0.15, 0.2) is 5.76 Å². The monoisotopic (exact) mass is 397 g/mol. The largest absolute Gasteiger partial charge is 0.459 e. The van der Waals surface area contributed by atoms with Gasteiger partial charge in [-0.2, -0.15) is 4.98 Å².